The highest BCUT2D eigenvalue weighted by Crippen LogP contribution is 2.34. The molecule has 3 rings (SSSR count). The number of nitrogens with zero attached hydrogens (tertiary/aromatic N) is 1. The predicted octanol–water partition coefficient (Wildman–Crippen LogP) is 4.42. The van der Waals surface area contributed by atoms with Gasteiger partial charge in [0.15, 0.2) is 0 Å². The Balaban J connectivity index is 1.95. The third-order valence-electron chi connectivity index (χ3n) is 3.93. The Bertz CT molecular complexity index is 646. The number of rotatable bonds is 2. The summed E-state index contributed by atoms with van der Waals surface area (Å²) in [5, 5.41) is 10.2. The summed E-state index contributed by atoms with van der Waals surface area (Å²) in [6.45, 7) is 1.49. The summed E-state index contributed by atoms with van der Waals surface area (Å²) in [6, 6.07) is 13.0. The maximum absolute atomic E-state index is 13.7. The first-order valence-corrected chi connectivity index (χ1v) is 7.91. The number of hydrogen-bond donors (Lipinski definition) is 1. The van der Waals surface area contributed by atoms with Gasteiger partial charge in [-0.25, -0.2) is 4.39 Å². The van der Waals surface area contributed by atoms with Gasteiger partial charge in [-0.2, -0.15) is 0 Å². The Kier molecular flexibility index (Phi) is 4.27. The van der Waals surface area contributed by atoms with Crippen LogP contribution in [0.1, 0.15) is 30.1 Å². The lowest BCUT2D eigenvalue weighted by atomic mass is 10.0. The summed E-state index contributed by atoms with van der Waals surface area (Å²) >= 11 is 3.33. The van der Waals surface area contributed by atoms with Gasteiger partial charge in [-0.1, -0.05) is 30.3 Å². The van der Waals surface area contributed by atoms with Gasteiger partial charge in [-0.3, -0.25) is 0 Å². The lowest BCUT2D eigenvalue weighted by molar-refractivity contribution is 0.168. The molecule has 2 aromatic rings. The second-order valence-electron chi connectivity index (χ2n) is 5.35. The van der Waals surface area contributed by atoms with Crippen molar-refractivity contribution in [2.24, 2.45) is 0 Å². The number of aliphatic hydroxyl groups is 1. The average Bonchev–Trinajstić information content (AvgIpc) is 2.65. The van der Waals surface area contributed by atoms with Crippen molar-refractivity contribution < 1.29 is 9.50 Å². The van der Waals surface area contributed by atoms with Crippen molar-refractivity contribution in [1.82, 2.24) is 0 Å². The predicted molar refractivity (Wildman–Crippen MR) is 85.8 cm³/mol. The van der Waals surface area contributed by atoms with Gasteiger partial charge in [0.2, 0.25) is 0 Å². The standard InChI is InChI=1S/C17H17BrFNO/c18-17-12(5-3-7-14(17)19)11-20-10-4-9-16(21)13-6-1-2-8-15(13)20/h1-3,5-8,16,21H,4,9-11H2. The van der Waals surface area contributed by atoms with Crippen LogP contribution >= 0.6 is 15.9 Å². The molecule has 1 heterocycles. The van der Waals surface area contributed by atoms with Crippen LogP contribution < -0.4 is 4.90 Å². The third kappa shape index (κ3) is 2.97. The summed E-state index contributed by atoms with van der Waals surface area (Å²) < 4.78 is 14.2. The molecule has 1 N–H and O–H groups in total. The van der Waals surface area contributed by atoms with Crippen molar-refractivity contribution in [2.75, 3.05) is 11.4 Å². The fourth-order valence-corrected chi connectivity index (χ4v) is 3.24. The summed E-state index contributed by atoms with van der Waals surface area (Å²) in [5.41, 5.74) is 2.92. The molecular formula is C17H17BrFNO. The van der Waals surface area contributed by atoms with Gasteiger partial charge in [0.25, 0.3) is 0 Å². The number of fused-ring (bicyclic) bond motifs is 1. The molecule has 0 aromatic heterocycles. The molecule has 1 aliphatic heterocycles. The fraction of sp³-hybridized carbons (Fsp3) is 0.294. The number of anilines is 1. The SMILES string of the molecule is OC1CCCN(Cc2cccc(F)c2Br)c2ccccc21. The second kappa shape index (κ2) is 6.16. The van der Waals surface area contributed by atoms with Crippen LogP contribution in [0, 0.1) is 5.82 Å². The van der Waals surface area contributed by atoms with Gasteiger partial charge < -0.3 is 10.0 Å². The lowest BCUT2D eigenvalue weighted by Crippen LogP contribution is -2.23. The molecule has 0 saturated carbocycles. The molecule has 1 atom stereocenters. The minimum absolute atomic E-state index is 0.240. The minimum atomic E-state index is -0.415. The zero-order valence-electron chi connectivity index (χ0n) is 11.6. The first kappa shape index (κ1) is 14.5. The third-order valence-corrected chi connectivity index (χ3v) is 4.82. The number of para-hydroxylation sites is 1. The van der Waals surface area contributed by atoms with E-state index < -0.39 is 6.10 Å². The van der Waals surface area contributed by atoms with Crippen molar-refractivity contribution in [2.45, 2.75) is 25.5 Å². The molecule has 2 nitrogen and oxygen atoms in total. The van der Waals surface area contributed by atoms with Crippen LogP contribution in [-0.2, 0) is 6.54 Å². The molecule has 0 bridgehead atoms. The first-order chi connectivity index (χ1) is 10.2. The Morgan fingerprint density at radius 1 is 1.19 bits per heavy atom. The highest BCUT2D eigenvalue weighted by Gasteiger charge is 2.21. The van der Waals surface area contributed by atoms with Gasteiger partial charge in [0.1, 0.15) is 5.82 Å². The van der Waals surface area contributed by atoms with E-state index in [0.717, 1.165) is 36.2 Å². The number of halogens is 2. The Morgan fingerprint density at radius 2 is 2.00 bits per heavy atom. The molecule has 0 fully saturated rings. The topological polar surface area (TPSA) is 23.5 Å². The monoisotopic (exact) mass is 349 g/mol. The van der Waals surface area contributed by atoms with E-state index in [4.69, 9.17) is 0 Å². The van der Waals surface area contributed by atoms with E-state index in [-0.39, 0.29) is 5.82 Å². The Hall–Kier alpha value is -1.39. The summed E-state index contributed by atoms with van der Waals surface area (Å²) in [5.74, 6) is -0.240. The second-order valence-corrected chi connectivity index (χ2v) is 6.14. The molecule has 0 saturated heterocycles. The highest BCUT2D eigenvalue weighted by atomic mass is 79.9. The molecule has 0 aliphatic carbocycles. The molecule has 21 heavy (non-hydrogen) atoms. The van der Waals surface area contributed by atoms with Gasteiger partial charge in [0, 0.05) is 24.3 Å². The van der Waals surface area contributed by atoms with Gasteiger partial charge >= 0.3 is 0 Å². The van der Waals surface area contributed by atoms with Crippen molar-refractivity contribution in [1.29, 1.82) is 0 Å². The maximum atomic E-state index is 13.7. The Morgan fingerprint density at radius 3 is 2.86 bits per heavy atom. The molecule has 1 aliphatic rings. The lowest BCUT2D eigenvalue weighted by Gasteiger charge is -2.26. The van der Waals surface area contributed by atoms with Crippen molar-refractivity contribution in [3.05, 3.63) is 63.9 Å². The van der Waals surface area contributed by atoms with E-state index in [1.54, 1.807) is 6.07 Å². The van der Waals surface area contributed by atoms with Gasteiger partial charge in [-0.05, 0) is 46.5 Å². The average molecular weight is 350 g/mol. The summed E-state index contributed by atoms with van der Waals surface area (Å²) in [6.07, 6.45) is 1.27. The van der Waals surface area contributed by atoms with E-state index in [1.165, 1.54) is 6.07 Å². The van der Waals surface area contributed by atoms with Crippen LogP contribution in [0.2, 0.25) is 0 Å². The quantitative estimate of drug-likeness (QED) is 0.867. The van der Waals surface area contributed by atoms with E-state index in [2.05, 4.69) is 20.8 Å². The van der Waals surface area contributed by atoms with Crippen molar-refractivity contribution >= 4 is 21.6 Å². The highest BCUT2D eigenvalue weighted by molar-refractivity contribution is 9.10. The molecular weight excluding hydrogens is 333 g/mol. The van der Waals surface area contributed by atoms with E-state index >= 15 is 0 Å². The maximum Gasteiger partial charge on any atom is 0.137 e. The van der Waals surface area contributed by atoms with E-state index in [0.29, 0.717) is 11.0 Å². The number of aliphatic hydroxyl groups excluding tert-OH is 1. The zero-order chi connectivity index (χ0) is 14.8. The first-order valence-electron chi connectivity index (χ1n) is 7.11. The van der Waals surface area contributed by atoms with E-state index in [9.17, 15) is 9.50 Å². The van der Waals surface area contributed by atoms with Crippen molar-refractivity contribution in [3.8, 4) is 0 Å². The molecule has 0 spiro atoms. The fourth-order valence-electron chi connectivity index (χ4n) is 2.85. The van der Waals surface area contributed by atoms with Gasteiger partial charge in [0.05, 0.1) is 10.6 Å². The normalized spacial score (nSPS) is 18.2. The molecule has 0 amide bonds. The molecule has 1 unspecified atom stereocenters. The molecule has 110 valence electrons. The summed E-state index contributed by atoms with van der Waals surface area (Å²) in [7, 11) is 0. The summed E-state index contributed by atoms with van der Waals surface area (Å²) in [4.78, 5) is 2.21. The Labute approximate surface area is 132 Å². The van der Waals surface area contributed by atoms with Gasteiger partial charge in [-0.15, -0.1) is 0 Å². The largest absolute Gasteiger partial charge is 0.388 e. The molecule has 0 radical (unpaired) electrons. The van der Waals surface area contributed by atoms with Crippen LogP contribution in [0.5, 0.6) is 0 Å². The van der Waals surface area contributed by atoms with Crippen LogP contribution in [-0.4, -0.2) is 11.7 Å². The van der Waals surface area contributed by atoms with Crippen LogP contribution in [0.4, 0.5) is 10.1 Å². The smallest absolute Gasteiger partial charge is 0.137 e. The molecule has 2 aromatic carbocycles. The zero-order valence-corrected chi connectivity index (χ0v) is 13.2. The number of benzene rings is 2. The van der Waals surface area contributed by atoms with Crippen LogP contribution in [0.15, 0.2) is 46.9 Å². The number of hydrogen-bond acceptors (Lipinski definition) is 2. The molecule has 4 heteroatoms. The van der Waals surface area contributed by atoms with Crippen LogP contribution in [0.3, 0.4) is 0 Å². The van der Waals surface area contributed by atoms with Crippen molar-refractivity contribution in [3.63, 3.8) is 0 Å². The van der Waals surface area contributed by atoms with E-state index in [1.807, 2.05) is 30.3 Å². The van der Waals surface area contributed by atoms with Crippen LogP contribution in [0.25, 0.3) is 0 Å². The minimum Gasteiger partial charge on any atom is -0.388 e.